The van der Waals surface area contributed by atoms with Crippen LogP contribution in [-0.2, 0) is 16.0 Å². The molecule has 0 aliphatic heterocycles. The number of nitrogens with two attached hydrogens (primary N) is 2. The fourth-order valence-corrected chi connectivity index (χ4v) is 3.84. The fourth-order valence-electron chi connectivity index (χ4n) is 3.84. The van der Waals surface area contributed by atoms with Crippen LogP contribution in [0.1, 0.15) is 12.5 Å². The van der Waals surface area contributed by atoms with Crippen molar-refractivity contribution in [1.82, 2.24) is 4.98 Å². The van der Waals surface area contributed by atoms with Crippen LogP contribution < -0.4 is 16.4 Å². The summed E-state index contributed by atoms with van der Waals surface area (Å²) in [4.78, 5) is 18.4. The van der Waals surface area contributed by atoms with E-state index < -0.39 is 0 Å². The Kier molecular flexibility index (Phi) is 6.74. The maximum absolute atomic E-state index is 11.3. The molecule has 3 aromatic carbocycles. The molecule has 0 aliphatic carbocycles. The molecule has 0 saturated carbocycles. The Bertz CT molecular complexity index is 1240. The quantitative estimate of drug-likeness (QED) is 0.305. The molecule has 0 spiro atoms. The lowest BCUT2D eigenvalue weighted by atomic mass is 10.0. The zero-order chi connectivity index (χ0) is 23.2. The Labute approximate surface area is 193 Å². The van der Waals surface area contributed by atoms with Crippen molar-refractivity contribution in [3.63, 3.8) is 0 Å². The maximum Gasteiger partial charge on any atom is 0.302 e. The average Bonchev–Trinajstić information content (AvgIpc) is 2.82. The minimum absolute atomic E-state index is 0.291. The van der Waals surface area contributed by atoms with E-state index >= 15 is 0 Å². The summed E-state index contributed by atoms with van der Waals surface area (Å²) in [5.41, 5.74) is 17.6. The number of aromatic nitrogens is 1. The lowest BCUT2D eigenvalue weighted by molar-refractivity contribution is -0.140. The molecule has 4 N–H and O–H groups in total. The number of carbonyl (C=O) groups is 1. The Hall–Kier alpha value is -4.06. The van der Waals surface area contributed by atoms with E-state index in [9.17, 15) is 4.79 Å². The number of rotatable bonds is 8. The Morgan fingerprint density at radius 1 is 0.909 bits per heavy atom. The van der Waals surface area contributed by atoms with Gasteiger partial charge in [0.15, 0.2) is 0 Å². The molecule has 0 radical (unpaired) electrons. The monoisotopic (exact) mass is 440 g/mol. The minimum Gasteiger partial charge on any atom is -0.464 e. The van der Waals surface area contributed by atoms with Gasteiger partial charge in [0.1, 0.15) is 12.4 Å². The van der Waals surface area contributed by atoms with E-state index in [1.54, 1.807) is 0 Å². The van der Waals surface area contributed by atoms with Crippen LogP contribution in [0, 0.1) is 0 Å². The van der Waals surface area contributed by atoms with Gasteiger partial charge < -0.3 is 21.1 Å². The third-order valence-electron chi connectivity index (χ3n) is 5.54. The molecular weight excluding hydrogens is 412 g/mol. The van der Waals surface area contributed by atoms with Gasteiger partial charge >= 0.3 is 5.97 Å². The number of ether oxygens (including phenoxy) is 1. The van der Waals surface area contributed by atoms with Crippen molar-refractivity contribution in [2.75, 3.05) is 36.1 Å². The zero-order valence-corrected chi connectivity index (χ0v) is 18.7. The van der Waals surface area contributed by atoms with Crippen LogP contribution in [0.3, 0.4) is 0 Å². The van der Waals surface area contributed by atoms with Gasteiger partial charge in [0.2, 0.25) is 0 Å². The predicted molar refractivity (Wildman–Crippen MR) is 135 cm³/mol. The molecule has 0 saturated heterocycles. The van der Waals surface area contributed by atoms with Gasteiger partial charge in [-0.15, -0.1) is 0 Å². The average molecular weight is 441 g/mol. The number of carbonyl (C=O) groups excluding carboxylic acids is 1. The lowest BCUT2D eigenvalue weighted by Crippen LogP contribution is -2.31. The standard InChI is InChI=1S/C27H28N4O2/c1-19(32)33-16-15-31(14-13-20-7-9-22(28)10-8-20)27-18-24(21-5-3-2-4-6-21)25-17-23(29)11-12-26(25)30-27/h2-12,17-18H,13-16,28-29H2,1H3. The topological polar surface area (TPSA) is 94.5 Å². The molecule has 0 aliphatic rings. The van der Waals surface area contributed by atoms with Gasteiger partial charge in [0.25, 0.3) is 0 Å². The molecule has 168 valence electrons. The van der Waals surface area contributed by atoms with Crippen LogP contribution in [0.25, 0.3) is 22.0 Å². The number of pyridine rings is 1. The highest BCUT2D eigenvalue weighted by atomic mass is 16.5. The number of hydrogen-bond acceptors (Lipinski definition) is 6. The number of hydrogen-bond donors (Lipinski definition) is 2. The normalized spacial score (nSPS) is 10.8. The summed E-state index contributed by atoms with van der Waals surface area (Å²) in [7, 11) is 0. The Morgan fingerprint density at radius 3 is 2.36 bits per heavy atom. The summed E-state index contributed by atoms with van der Waals surface area (Å²) >= 11 is 0. The SMILES string of the molecule is CC(=O)OCCN(CCc1ccc(N)cc1)c1cc(-c2ccccc2)c2cc(N)ccc2n1. The zero-order valence-electron chi connectivity index (χ0n) is 18.7. The molecule has 0 unspecified atom stereocenters. The predicted octanol–water partition coefficient (Wildman–Crippen LogP) is 4.68. The van der Waals surface area contributed by atoms with Gasteiger partial charge in [0.05, 0.1) is 12.1 Å². The molecule has 0 fully saturated rings. The second-order valence-corrected chi connectivity index (χ2v) is 7.99. The van der Waals surface area contributed by atoms with E-state index in [2.05, 4.69) is 23.1 Å². The second kappa shape index (κ2) is 10.0. The summed E-state index contributed by atoms with van der Waals surface area (Å²) in [5.74, 6) is 0.536. The van der Waals surface area contributed by atoms with Gasteiger partial charge in [-0.25, -0.2) is 4.98 Å². The van der Waals surface area contributed by atoms with Gasteiger partial charge in [0, 0.05) is 30.2 Å². The lowest BCUT2D eigenvalue weighted by Gasteiger charge is -2.25. The van der Waals surface area contributed by atoms with Crippen molar-refractivity contribution in [2.24, 2.45) is 0 Å². The van der Waals surface area contributed by atoms with Crippen LogP contribution >= 0.6 is 0 Å². The first-order valence-corrected chi connectivity index (χ1v) is 11.0. The Balaban J connectivity index is 1.72. The molecule has 4 aromatic rings. The molecule has 0 bridgehead atoms. The summed E-state index contributed by atoms with van der Waals surface area (Å²) in [6.45, 7) is 2.97. The van der Waals surface area contributed by atoms with Crippen LogP contribution in [0.15, 0.2) is 78.9 Å². The molecule has 1 heterocycles. The third-order valence-corrected chi connectivity index (χ3v) is 5.54. The molecule has 6 nitrogen and oxygen atoms in total. The first-order valence-electron chi connectivity index (χ1n) is 11.0. The van der Waals surface area contributed by atoms with Gasteiger partial charge in [-0.1, -0.05) is 42.5 Å². The molecular formula is C27H28N4O2. The van der Waals surface area contributed by atoms with Gasteiger partial charge in [-0.2, -0.15) is 0 Å². The van der Waals surface area contributed by atoms with E-state index in [0.717, 1.165) is 40.0 Å². The summed E-state index contributed by atoms with van der Waals surface area (Å²) in [5, 5.41) is 1.00. The van der Waals surface area contributed by atoms with E-state index in [1.165, 1.54) is 12.5 Å². The highest BCUT2D eigenvalue weighted by Gasteiger charge is 2.14. The smallest absolute Gasteiger partial charge is 0.302 e. The largest absolute Gasteiger partial charge is 0.464 e. The van der Waals surface area contributed by atoms with Crippen molar-refractivity contribution in [1.29, 1.82) is 0 Å². The third kappa shape index (κ3) is 5.60. The van der Waals surface area contributed by atoms with Crippen molar-refractivity contribution < 1.29 is 9.53 Å². The van der Waals surface area contributed by atoms with Crippen molar-refractivity contribution >= 4 is 34.1 Å². The molecule has 0 atom stereocenters. The number of benzene rings is 3. The van der Waals surface area contributed by atoms with Gasteiger partial charge in [-0.05, 0) is 59.5 Å². The molecule has 33 heavy (non-hydrogen) atoms. The summed E-state index contributed by atoms with van der Waals surface area (Å²) in [6, 6.07) is 26.0. The van der Waals surface area contributed by atoms with E-state index in [1.807, 2.05) is 60.7 Å². The fraction of sp³-hybridized carbons (Fsp3) is 0.185. The van der Waals surface area contributed by atoms with Crippen molar-refractivity contribution in [3.8, 4) is 11.1 Å². The van der Waals surface area contributed by atoms with Gasteiger partial charge in [-0.3, -0.25) is 4.79 Å². The van der Waals surface area contributed by atoms with E-state index in [0.29, 0.717) is 25.4 Å². The minimum atomic E-state index is -0.291. The van der Waals surface area contributed by atoms with E-state index in [4.69, 9.17) is 21.2 Å². The van der Waals surface area contributed by atoms with Crippen molar-refractivity contribution in [3.05, 3.63) is 84.4 Å². The van der Waals surface area contributed by atoms with Crippen LogP contribution in [0.4, 0.5) is 17.2 Å². The molecule has 6 heteroatoms. The highest BCUT2D eigenvalue weighted by molar-refractivity contribution is 5.97. The highest BCUT2D eigenvalue weighted by Crippen LogP contribution is 2.32. The number of esters is 1. The number of nitrogen functional groups attached to an aromatic ring is 2. The van der Waals surface area contributed by atoms with Crippen LogP contribution in [0.5, 0.6) is 0 Å². The number of nitrogens with zero attached hydrogens (tertiary/aromatic N) is 2. The van der Waals surface area contributed by atoms with Crippen LogP contribution in [0.2, 0.25) is 0 Å². The number of anilines is 3. The first-order chi connectivity index (χ1) is 16.0. The second-order valence-electron chi connectivity index (χ2n) is 7.99. The van der Waals surface area contributed by atoms with Crippen LogP contribution in [-0.4, -0.2) is 30.6 Å². The molecule has 1 aromatic heterocycles. The summed E-state index contributed by atoms with van der Waals surface area (Å²) in [6.07, 6.45) is 0.808. The molecule has 0 amide bonds. The van der Waals surface area contributed by atoms with E-state index in [-0.39, 0.29) is 5.97 Å². The first kappa shape index (κ1) is 22.1. The van der Waals surface area contributed by atoms with Crippen molar-refractivity contribution in [2.45, 2.75) is 13.3 Å². The maximum atomic E-state index is 11.3. The summed E-state index contributed by atoms with van der Waals surface area (Å²) < 4.78 is 5.24. The molecule has 4 rings (SSSR count). The Morgan fingerprint density at radius 2 is 1.64 bits per heavy atom. The number of fused-ring (bicyclic) bond motifs is 1.